The summed E-state index contributed by atoms with van der Waals surface area (Å²) < 4.78 is 0. The van der Waals surface area contributed by atoms with E-state index >= 15 is 0 Å². The Morgan fingerprint density at radius 3 is 2.64 bits per heavy atom. The van der Waals surface area contributed by atoms with Gasteiger partial charge in [0.15, 0.2) is 0 Å². The first-order chi connectivity index (χ1) is 6.70. The zero-order valence-corrected chi connectivity index (χ0v) is 8.77. The molecule has 1 aliphatic rings. The predicted molar refractivity (Wildman–Crippen MR) is 58.5 cm³/mol. The summed E-state index contributed by atoms with van der Waals surface area (Å²) in [5.74, 6) is 0.123. The van der Waals surface area contributed by atoms with Crippen LogP contribution in [0.25, 0.3) is 0 Å². The number of anilines is 1. The zero-order valence-electron chi connectivity index (χ0n) is 7.95. The molecule has 1 amide bonds. The van der Waals surface area contributed by atoms with Gasteiger partial charge in [-0.15, -0.1) is 11.3 Å². The zero-order chi connectivity index (χ0) is 10.1. The van der Waals surface area contributed by atoms with Crippen molar-refractivity contribution < 1.29 is 4.79 Å². The van der Waals surface area contributed by atoms with E-state index in [0.717, 1.165) is 24.1 Å². The molecule has 0 unspecified atom stereocenters. The van der Waals surface area contributed by atoms with Gasteiger partial charge in [-0.1, -0.05) is 12.8 Å². The van der Waals surface area contributed by atoms with E-state index in [1.807, 2.05) is 5.38 Å². The molecule has 0 spiro atoms. The number of hydrogen-bond donors (Lipinski definition) is 2. The number of primary amides is 1. The number of hydrogen-bond acceptors (Lipinski definition) is 3. The Labute approximate surface area is 87.1 Å². The largest absolute Gasteiger partial charge is 0.398 e. The molecule has 0 aliphatic heterocycles. The highest BCUT2D eigenvalue weighted by Crippen LogP contribution is 2.41. The highest BCUT2D eigenvalue weighted by molar-refractivity contribution is 7.12. The average molecular weight is 210 g/mol. The Balaban J connectivity index is 2.38. The normalized spacial score (nSPS) is 17.4. The van der Waals surface area contributed by atoms with Crippen LogP contribution < -0.4 is 11.5 Å². The summed E-state index contributed by atoms with van der Waals surface area (Å²) in [5, 5.41) is 1.83. The van der Waals surface area contributed by atoms with Gasteiger partial charge >= 0.3 is 0 Å². The number of rotatable bonds is 2. The number of carbonyl (C=O) groups excluding carboxylic acids is 1. The van der Waals surface area contributed by atoms with Crippen LogP contribution in [0.1, 0.15) is 46.8 Å². The molecule has 2 rings (SSSR count). The van der Waals surface area contributed by atoms with Crippen LogP contribution in [-0.4, -0.2) is 5.91 Å². The third-order valence-corrected chi connectivity index (χ3v) is 3.88. The second-order valence-electron chi connectivity index (χ2n) is 3.78. The highest BCUT2D eigenvalue weighted by atomic mass is 32.1. The van der Waals surface area contributed by atoms with Crippen molar-refractivity contribution in [3.63, 3.8) is 0 Å². The molecule has 1 aromatic heterocycles. The predicted octanol–water partition coefficient (Wildman–Crippen LogP) is 2.09. The van der Waals surface area contributed by atoms with Crippen LogP contribution >= 0.6 is 11.3 Å². The van der Waals surface area contributed by atoms with E-state index in [0.29, 0.717) is 10.8 Å². The maximum absolute atomic E-state index is 11.2. The second-order valence-corrected chi connectivity index (χ2v) is 4.66. The number of thiophene rings is 1. The van der Waals surface area contributed by atoms with Crippen LogP contribution in [-0.2, 0) is 0 Å². The summed E-state index contributed by atoms with van der Waals surface area (Å²) in [4.78, 5) is 11.8. The van der Waals surface area contributed by atoms with Crippen molar-refractivity contribution in [3.8, 4) is 0 Å². The molecule has 0 bridgehead atoms. The van der Waals surface area contributed by atoms with Crippen molar-refractivity contribution in [1.29, 1.82) is 0 Å². The SMILES string of the molecule is NC(=O)c1scc(N)c1C1CCCC1. The Bertz CT molecular complexity index is 353. The van der Waals surface area contributed by atoms with E-state index in [9.17, 15) is 4.79 Å². The maximum Gasteiger partial charge on any atom is 0.259 e. The first-order valence-electron chi connectivity index (χ1n) is 4.87. The minimum atomic E-state index is -0.339. The molecule has 4 N–H and O–H groups in total. The topological polar surface area (TPSA) is 69.1 Å². The molecule has 0 radical (unpaired) electrons. The van der Waals surface area contributed by atoms with Gasteiger partial charge in [0.2, 0.25) is 0 Å². The van der Waals surface area contributed by atoms with Gasteiger partial charge in [0.25, 0.3) is 5.91 Å². The lowest BCUT2D eigenvalue weighted by Gasteiger charge is -2.10. The maximum atomic E-state index is 11.2. The minimum Gasteiger partial charge on any atom is -0.398 e. The number of carbonyl (C=O) groups is 1. The van der Waals surface area contributed by atoms with Gasteiger partial charge in [0.05, 0.1) is 4.88 Å². The van der Waals surface area contributed by atoms with Crippen LogP contribution in [0.4, 0.5) is 5.69 Å². The van der Waals surface area contributed by atoms with E-state index < -0.39 is 0 Å². The molecular formula is C10H14N2OS. The number of nitrogens with two attached hydrogens (primary N) is 2. The summed E-state index contributed by atoms with van der Waals surface area (Å²) in [7, 11) is 0. The van der Waals surface area contributed by atoms with Crippen molar-refractivity contribution in [2.45, 2.75) is 31.6 Å². The van der Waals surface area contributed by atoms with Gasteiger partial charge in [0, 0.05) is 16.6 Å². The summed E-state index contributed by atoms with van der Waals surface area (Å²) in [6.07, 6.45) is 4.75. The standard InChI is InChI=1S/C10H14N2OS/c11-7-5-14-9(10(12)13)8(7)6-3-1-2-4-6/h5-6H,1-4,11H2,(H2,12,13). The molecule has 1 aliphatic carbocycles. The Morgan fingerprint density at radius 1 is 1.43 bits per heavy atom. The molecule has 14 heavy (non-hydrogen) atoms. The Hall–Kier alpha value is -1.03. The number of amides is 1. The van der Waals surface area contributed by atoms with Crippen molar-refractivity contribution in [2.24, 2.45) is 5.73 Å². The van der Waals surface area contributed by atoms with E-state index in [-0.39, 0.29) is 5.91 Å². The summed E-state index contributed by atoms with van der Waals surface area (Å²) in [6.45, 7) is 0. The van der Waals surface area contributed by atoms with Crippen molar-refractivity contribution in [3.05, 3.63) is 15.8 Å². The smallest absolute Gasteiger partial charge is 0.259 e. The minimum absolute atomic E-state index is 0.339. The van der Waals surface area contributed by atoms with Gasteiger partial charge < -0.3 is 11.5 Å². The monoisotopic (exact) mass is 210 g/mol. The summed E-state index contributed by atoms with van der Waals surface area (Å²) in [5.41, 5.74) is 12.9. The lowest BCUT2D eigenvalue weighted by atomic mass is 9.97. The van der Waals surface area contributed by atoms with Gasteiger partial charge in [-0.2, -0.15) is 0 Å². The molecule has 4 heteroatoms. The molecule has 1 saturated carbocycles. The second kappa shape index (κ2) is 3.61. The lowest BCUT2D eigenvalue weighted by molar-refractivity contribution is 0.100. The van der Waals surface area contributed by atoms with Gasteiger partial charge in [-0.3, -0.25) is 4.79 Å². The third-order valence-electron chi connectivity index (χ3n) is 2.85. The van der Waals surface area contributed by atoms with E-state index in [2.05, 4.69) is 0 Å². The Morgan fingerprint density at radius 2 is 2.07 bits per heavy atom. The fourth-order valence-corrected chi connectivity index (χ4v) is 3.11. The van der Waals surface area contributed by atoms with E-state index in [1.165, 1.54) is 24.2 Å². The molecule has 0 atom stereocenters. The van der Waals surface area contributed by atoms with Gasteiger partial charge in [-0.25, -0.2) is 0 Å². The van der Waals surface area contributed by atoms with Crippen molar-refractivity contribution >= 4 is 22.9 Å². The van der Waals surface area contributed by atoms with Crippen LogP contribution in [0, 0.1) is 0 Å². The lowest BCUT2D eigenvalue weighted by Crippen LogP contribution is -2.13. The molecule has 76 valence electrons. The van der Waals surface area contributed by atoms with Crippen LogP contribution in [0.15, 0.2) is 5.38 Å². The van der Waals surface area contributed by atoms with Crippen LogP contribution in [0.2, 0.25) is 0 Å². The first kappa shape index (κ1) is 9.52. The van der Waals surface area contributed by atoms with Gasteiger partial charge in [-0.05, 0) is 18.8 Å². The van der Waals surface area contributed by atoms with E-state index in [1.54, 1.807) is 0 Å². The molecule has 3 nitrogen and oxygen atoms in total. The number of nitrogen functional groups attached to an aromatic ring is 1. The fourth-order valence-electron chi connectivity index (χ4n) is 2.21. The molecule has 1 fully saturated rings. The van der Waals surface area contributed by atoms with Crippen LogP contribution in [0.3, 0.4) is 0 Å². The summed E-state index contributed by atoms with van der Waals surface area (Å²) in [6, 6.07) is 0. The van der Waals surface area contributed by atoms with Crippen molar-refractivity contribution in [1.82, 2.24) is 0 Å². The first-order valence-corrected chi connectivity index (χ1v) is 5.74. The highest BCUT2D eigenvalue weighted by Gasteiger charge is 2.25. The fraction of sp³-hybridized carbons (Fsp3) is 0.500. The van der Waals surface area contributed by atoms with Crippen LogP contribution in [0.5, 0.6) is 0 Å². The molecule has 0 aromatic carbocycles. The van der Waals surface area contributed by atoms with E-state index in [4.69, 9.17) is 11.5 Å². The molecule has 1 aromatic rings. The van der Waals surface area contributed by atoms with Crippen molar-refractivity contribution in [2.75, 3.05) is 5.73 Å². The van der Waals surface area contributed by atoms with Gasteiger partial charge in [0.1, 0.15) is 0 Å². The Kier molecular flexibility index (Phi) is 2.46. The quantitative estimate of drug-likeness (QED) is 0.784. The molecule has 0 saturated heterocycles. The average Bonchev–Trinajstić information content (AvgIpc) is 2.71. The summed E-state index contributed by atoms with van der Waals surface area (Å²) >= 11 is 1.37. The molecular weight excluding hydrogens is 196 g/mol. The third kappa shape index (κ3) is 1.50. The molecule has 1 heterocycles.